The molecule has 0 aromatic heterocycles. The van der Waals surface area contributed by atoms with Crippen molar-refractivity contribution in [2.45, 2.75) is 37.7 Å². The van der Waals surface area contributed by atoms with E-state index in [9.17, 15) is 26.4 Å². The molecule has 1 aromatic rings. The molecule has 3 rings (SSSR count). The largest absolute Gasteiger partial charge is 0.418 e. The third-order valence-electron chi connectivity index (χ3n) is 4.78. The fraction of sp³-hybridized carbons (Fsp3) is 0.529. The van der Waals surface area contributed by atoms with Gasteiger partial charge in [-0.2, -0.15) is 18.2 Å². The van der Waals surface area contributed by atoms with Crippen LogP contribution in [0.15, 0.2) is 29.3 Å². The molecule has 0 bridgehead atoms. The molecule has 2 saturated heterocycles. The molecule has 1 amide bonds. The van der Waals surface area contributed by atoms with E-state index in [-0.39, 0.29) is 28.3 Å². The Bertz CT molecular complexity index is 884. The number of aliphatic imine (C=N–C) groups is 1. The predicted octanol–water partition coefficient (Wildman–Crippen LogP) is 3.35. The lowest BCUT2D eigenvalue weighted by molar-refractivity contribution is -0.137. The summed E-state index contributed by atoms with van der Waals surface area (Å²) < 4.78 is 64.6. The molecule has 0 radical (unpaired) electrons. The van der Waals surface area contributed by atoms with Crippen LogP contribution >= 0.6 is 11.8 Å². The second-order valence-corrected chi connectivity index (χ2v) is 10.1. The first-order valence-corrected chi connectivity index (χ1v) is 11.2. The molecule has 3 atom stereocenters. The van der Waals surface area contributed by atoms with E-state index in [0.717, 1.165) is 17.8 Å². The number of fused-ring (bicyclic) bond motifs is 1. The molecule has 5 nitrogen and oxygen atoms in total. The number of hydrogen-bond donors (Lipinski definition) is 0. The standard InChI is InChI=1S/C17H19F3N2O3S2/c1-3-10(2)15(23)21-16-22(13-8-27(24,25)9-14(13)26-16)12-7-5-4-6-11(12)17(18,19)20/h4-7,10,13-14H,3,8-9H2,1-2H3/t10-,13-,14+/m1/s1. The summed E-state index contributed by atoms with van der Waals surface area (Å²) in [7, 11) is -3.35. The molecule has 2 fully saturated rings. The lowest BCUT2D eigenvalue weighted by Crippen LogP contribution is -2.39. The second kappa shape index (κ2) is 7.12. The fourth-order valence-electron chi connectivity index (χ4n) is 3.15. The van der Waals surface area contributed by atoms with E-state index in [1.165, 1.54) is 23.1 Å². The van der Waals surface area contributed by atoms with Crippen LogP contribution in [-0.2, 0) is 20.8 Å². The van der Waals surface area contributed by atoms with E-state index in [1.54, 1.807) is 6.92 Å². The Morgan fingerprint density at radius 3 is 2.63 bits per heavy atom. The Morgan fingerprint density at radius 2 is 2.00 bits per heavy atom. The fourth-order valence-corrected chi connectivity index (χ4v) is 7.06. The Kier molecular flexibility index (Phi) is 5.33. The maximum absolute atomic E-state index is 13.5. The van der Waals surface area contributed by atoms with Crippen LogP contribution in [0.5, 0.6) is 0 Å². The molecule has 0 spiro atoms. The highest BCUT2D eigenvalue weighted by molar-refractivity contribution is 8.16. The lowest BCUT2D eigenvalue weighted by atomic mass is 10.1. The van der Waals surface area contributed by atoms with Gasteiger partial charge in [0, 0.05) is 11.2 Å². The lowest BCUT2D eigenvalue weighted by Gasteiger charge is -2.27. The van der Waals surface area contributed by atoms with Crippen molar-refractivity contribution < 1.29 is 26.4 Å². The number of amides is 1. The predicted molar refractivity (Wildman–Crippen MR) is 99.6 cm³/mol. The minimum atomic E-state index is -4.61. The number of alkyl halides is 3. The third kappa shape index (κ3) is 4.01. The van der Waals surface area contributed by atoms with Gasteiger partial charge in [0.1, 0.15) is 0 Å². The van der Waals surface area contributed by atoms with Gasteiger partial charge in [-0.1, -0.05) is 37.7 Å². The van der Waals surface area contributed by atoms with Crippen molar-refractivity contribution >= 4 is 38.4 Å². The zero-order valence-corrected chi connectivity index (χ0v) is 16.4. The third-order valence-corrected chi connectivity index (χ3v) is 7.99. The normalized spacial score (nSPS) is 27.0. The van der Waals surface area contributed by atoms with Crippen LogP contribution in [0.25, 0.3) is 0 Å². The van der Waals surface area contributed by atoms with Crippen LogP contribution in [0.3, 0.4) is 0 Å². The van der Waals surface area contributed by atoms with E-state index in [2.05, 4.69) is 4.99 Å². The minimum Gasteiger partial charge on any atom is -0.315 e. The number of nitrogens with zero attached hydrogens (tertiary/aromatic N) is 2. The number of amidine groups is 1. The quantitative estimate of drug-likeness (QED) is 0.750. The summed E-state index contributed by atoms with van der Waals surface area (Å²) in [6, 6.07) is 4.30. The zero-order valence-electron chi connectivity index (χ0n) is 14.7. The number of para-hydroxylation sites is 1. The Labute approximate surface area is 159 Å². The van der Waals surface area contributed by atoms with Crippen molar-refractivity contribution in [1.82, 2.24) is 0 Å². The van der Waals surface area contributed by atoms with Crippen molar-refractivity contribution in [1.29, 1.82) is 0 Å². The molecule has 10 heteroatoms. The highest BCUT2D eigenvalue weighted by atomic mass is 32.2. The number of halogens is 3. The number of benzene rings is 1. The average Bonchev–Trinajstić information content (AvgIpc) is 3.03. The van der Waals surface area contributed by atoms with Crippen molar-refractivity contribution in [3.8, 4) is 0 Å². The Hall–Kier alpha value is -1.55. The number of hydrogen-bond acceptors (Lipinski definition) is 4. The summed E-state index contributed by atoms with van der Waals surface area (Å²) in [4.78, 5) is 17.6. The molecule has 2 aliphatic rings. The van der Waals surface area contributed by atoms with E-state index in [4.69, 9.17) is 0 Å². The number of carbonyl (C=O) groups is 1. The van der Waals surface area contributed by atoms with Gasteiger partial charge in [0.15, 0.2) is 15.0 Å². The number of anilines is 1. The van der Waals surface area contributed by atoms with Crippen LogP contribution < -0.4 is 4.90 Å². The van der Waals surface area contributed by atoms with Gasteiger partial charge in [-0.05, 0) is 18.6 Å². The van der Waals surface area contributed by atoms with Gasteiger partial charge >= 0.3 is 6.18 Å². The summed E-state index contributed by atoms with van der Waals surface area (Å²) in [6.07, 6.45) is -4.05. The molecule has 0 unspecified atom stereocenters. The maximum Gasteiger partial charge on any atom is 0.418 e. The van der Waals surface area contributed by atoms with Crippen LogP contribution in [0, 0.1) is 5.92 Å². The highest BCUT2D eigenvalue weighted by Gasteiger charge is 2.51. The first-order chi connectivity index (χ1) is 12.5. The molecule has 2 aliphatic heterocycles. The molecule has 0 saturated carbocycles. The van der Waals surface area contributed by atoms with Crippen LogP contribution in [0.1, 0.15) is 25.8 Å². The van der Waals surface area contributed by atoms with E-state index < -0.39 is 38.8 Å². The van der Waals surface area contributed by atoms with E-state index in [0.29, 0.717) is 6.42 Å². The average molecular weight is 420 g/mol. The molecule has 27 heavy (non-hydrogen) atoms. The molecular formula is C17H19F3N2O3S2. The summed E-state index contributed by atoms with van der Waals surface area (Å²) in [5.74, 6) is -1.17. The topological polar surface area (TPSA) is 66.8 Å². The highest BCUT2D eigenvalue weighted by Crippen LogP contribution is 2.45. The Morgan fingerprint density at radius 1 is 1.33 bits per heavy atom. The van der Waals surface area contributed by atoms with Gasteiger partial charge in [0.25, 0.3) is 5.91 Å². The molecular weight excluding hydrogens is 401 g/mol. The second-order valence-electron chi connectivity index (χ2n) is 6.73. The summed E-state index contributed by atoms with van der Waals surface area (Å²) >= 11 is 1.07. The summed E-state index contributed by atoms with van der Waals surface area (Å²) in [5, 5.41) is -0.304. The maximum atomic E-state index is 13.5. The van der Waals surface area contributed by atoms with Crippen molar-refractivity contribution in [3.63, 3.8) is 0 Å². The van der Waals surface area contributed by atoms with Crippen molar-refractivity contribution in [2.75, 3.05) is 16.4 Å². The van der Waals surface area contributed by atoms with Gasteiger partial charge in [0.05, 0.1) is 28.8 Å². The first-order valence-electron chi connectivity index (χ1n) is 8.48. The SMILES string of the molecule is CC[C@@H](C)C(=O)N=C1S[C@H]2CS(=O)(=O)C[C@H]2N1c1ccccc1C(F)(F)F. The van der Waals surface area contributed by atoms with Crippen molar-refractivity contribution in [3.05, 3.63) is 29.8 Å². The number of carbonyl (C=O) groups excluding carboxylic acids is 1. The molecule has 0 N–H and O–H groups in total. The molecule has 2 heterocycles. The Balaban J connectivity index is 2.10. The van der Waals surface area contributed by atoms with Crippen LogP contribution in [0.4, 0.5) is 18.9 Å². The van der Waals surface area contributed by atoms with E-state index >= 15 is 0 Å². The van der Waals surface area contributed by atoms with Crippen molar-refractivity contribution in [2.24, 2.45) is 10.9 Å². The van der Waals surface area contributed by atoms with E-state index in [1.807, 2.05) is 6.92 Å². The molecule has 148 valence electrons. The number of rotatable bonds is 3. The number of sulfone groups is 1. The zero-order chi connectivity index (χ0) is 20.0. The van der Waals surface area contributed by atoms with Crippen LogP contribution in [-0.4, -0.2) is 42.3 Å². The van der Waals surface area contributed by atoms with Gasteiger partial charge in [-0.25, -0.2) is 8.42 Å². The molecule has 1 aromatic carbocycles. The monoisotopic (exact) mass is 420 g/mol. The smallest absolute Gasteiger partial charge is 0.315 e. The van der Waals surface area contributed by atoms with Gasteiger partial charge in [-0.15, -0.1) is 0 Å². The first kappa shape index (κ1) is 20.2. The van der Waals surface area contributed by atoms with Crippen LogP contribution in [0.2, 0.25) is 0 Å². The molecule has 0 aliphatic carbocycles. The summed E-state index contributed by atoms with van der Waals surface area (Å²) in [6.45, 7) is 3.52. The number of thioether (sulfide) groups is 1. The minimum absolute atomic E-state index is 0.135. The summed E-state index contributed by atoms with van der Waals surface area (Å²) in [5.41, 5.74) is -1.04. The van der Waals surface area contributed by atoms with Gasteiger partial charge in [-0.3, -0.25) is 4.79 Å². The van der Waals surface area contributed by atoms with Gasteiger partial charge < -0.3 is 4.90 Å². The van der Waals surface area contributed by atoms with Gasteiger partial charge in [0.2, 0.25) is 0 Å².